The monoisotopic (exact) mass is 380 g/mol. The predicted octanol–water partition coefficient (Wildman–Crippen LogP) is 1.59. The quantitative estimate of drug-likeness (QED) is 0.711. The Balaban J connectivity index is 1.78. The molecule has 1 amide bonds. The van der Waals surface area contributed by atoms with Crippen molar-refractivity contribution in [2.75, 3.05) is 18.5 Å². The normalized spacial score (nSPS) is 11.0. The standard InChI is InChI=1S/C17H17FN2O5S/c1-12-2-8-15(9-3-12)26(23,24)19-10-17(22)25-11-16(21)20-14-6-4-13(18)5-7-14/h2-9,19H,10-11H2,1H3,(H,20,21). The fraction of sp³-hybridized carbons (Fsp3) is 0.176. The number of halogens is 1. The van der Waals surface area contributed by atoms with Crippen LogP contribution in [0.3, 0.4) is 0 Å². The molecule has 138 valence electrons. The Morgan fingerprint density at radius 3 is 2.27 bits per heavy atom. The highest BCUT2D eigenvalue weighted by Crippen LogP contribution is 2.10. The molecule has 0 aliphatic carbocycles. The smallest absolute Gasteiger partial charge is 0.321 e. The van der Waals surface area contributed by atoms with Crippen molar-refractivity contribution < 1.29 is 27.1 Å². The van der Waals surface area contributed by atoms with Crippen LogP contribution < -0.4 is 10.0 Å². The second kappa shape index (κ2) is 8.54. The van der Waals surface area contributed by atoms with E-state index >= 15 is 0 Å². The first-order chi connectivity index (χ1) is 12.3. The summed E-state index contributed by atoms with van der Waals surface area (Å²) in [4.78, 5) is 23.3. The number of hydrogen-bond acceptors (Lipinski definition) is 5. The van der Waals surface area contributed by atoms with Crippen LogP contribution in [-0.4, -0.2) is 33.4 Å². The van der Waals surface area contributed by atoms with Gasteiger partial charge in [0.1, 0.15) is 12.4 Å². The van der Waals surface area contributed by atoms with Gasteiger partial charge in [0.25, 0.3) is 5.91 Å². The SMILES string of the molecule is Cc1ccc(S(=O)(=O)NCC(=O)OCC(=O)Nc2ccc(F)cc2)cc1. The minimum atomic E-state index is -3.85. The van der Waals surface area contributed by atoms with Gasteiger partial charge in [-0.25, -0.2) is 12.8 Å². The number of esters is 1. The van der Waals surface area contributed by atoms with Gasteiger partial charge in [-0.05, 0) is 43.3 Å². The number of carbonyl (C=O) groups excluding carboxylic acids is 2. The Hall–Kier alpha value is -2.78. The van der Waals surface area contributed by atoms with Crippen LogP contribution in [0.2, 0.25) is 0 Å². The van der Waals surface area contributed by atoms with Gasteiger partial charge in [0, 0.05) is 5.69 Å². The molecule has 2 N–H and O–H groups in total. The van der Waals surface area contributed by atoms with Crippen LogP contribution in [0, 0.1) is 12.7 Å². The third-order valence-electron chi connectivity index (χ3n) is 3.23. The predicted molar refractivity (Wildman–Crippen MR) is 92.4 cm³/mol. The maximum Gasteiger partial charge on any atom is 0.321 e. The summed E-state index contributed by atoms with van der Waals surface area (Å²) < 4.78 is 43.6. The number of hydrogen-bond donors (Lipinski definition) is 2. The first kappa shape index (κ1) is 19.5. The van der Waals surface area contributed by atoms with Crippen molar-refractivity contribution in [3.63, 3.8) is 0 Å². The van der Waals surface area contributed by atoms with E-state index in [9.17, 15) is 22.4 Å². The number of carbonyl (C=O) groups is 2. The van der Waals surface area contributed by atoms with Crippen molar-refractivity contribution in [3.05, 3.63) is 59.9 Å². The lowest BCUT2D eigenvalue weighted by Crippen LogP contribution is -2.32. The fourth-order valence-electron chi connectivity index (χ4n) is 1.88. The van der Waals surface area contributed by atoms with Crippen LogP contribution in [0.25, 0.3) is 0 Å². The third kappa shape index (κ3) is 5.94. The summed E-state index contributed by atoms with van der Waals surface area (Å²) in [6.45, 7) is 0.612. The molecule has 0 heterocycles. The Morgan fingerprint density at radius 2 is 1.65 bits per heavy atom. The van der Waals surface area contributed by atoms with E-state index in [1.807, 2.05) is 6.92 Å². The number of aryl methyl sites for hydroxylation is 1. The molecule has 0 unspecified atom stereocenters. The van der Waals surface area contributed by atoms with Gasteiger partial charge in [0.05, 0.1) is 4.90 Å². The largest absolute Gasteiger partial charge is 0.455 e. The van der Waals surface area contributed by atoms with Crippen LogP contribution in [0.5, 0.6) is 0 Å². The van der Waals surface area contributed by atoms with Crippen molar-refractivity contribution >= 4 is 27.6 Å². The summed E-state index contributed by atoms with van der Waals surface area (Å²) in [7, 11) is -3.85. The Labute approximate surface area is 150 Å². The molecule has 0 aliphatic rings. The van der Waals surface area contributed by atoms with E-state index in [4.69, 9.17) is 4.74 Å². The van der Waals surface area contributed by atoms with Crippen molar-refractivity contribution in [1.29, 1.82) is 0 Å². The van der Waals surface area contributed by atoms with Crippen molar-refractivity contribution in [2.24, 2.45) is 0 Å². The Kier molecular flexibility index (Phi) is 6.42. The number of sulfonamides is 1. The van der Waals surface area contributed by atoms with E-state index in [1.165, 1.54) is 36.4 Å². The lowest BCUT2D eigenvalue weighted by molar-refractivity contribution is -0.146. The fourth-order valence-corrected chi connectivity index (χ4v) is 2.85. The number of amides is 1. The maximum atomic E-state index is 12.8. The second-order valence-electron chi connectivity index (χ2n) is 5.35. The minimum Gasteiger partial charge on any atom is -0.455 e. The molecule has 0 spiro atoms. The van der Waals surface area contributed by atoms with Gasteiger partial charge in [-0.1, -0.05) is 17.7 Å². The van der Waals surface area contributed by atoms with Crippen LogP contribution in [0.4, 0.5) is 10.1 Å². The highest BCUT2D eigenvalue weighted by Gasteiger charge is 2.16. The van der Waals surface area contributed by atoms with Gasteiger partial charge in [0.2, 0.25) is 10.0 Å². The maximum absolute atomic E-state index is 12.8. The van der Waals surface area contributed by atoms with Crippen molar-refractivity contribution in [1.82, 2.24) is 4.72 Å². The summed E-state index contributed by atoms with van der Waals surface area (Å²) in [5.41, 5.74) is 1.24. The minimum absolute atomic E-state index is 0.0185. The number of nitrogens with one attached hydrogen (secondary N) is 2. The number of rotatable bonds is 7. The van der Waals surface area contributed by atoms with E-state index < -0.39 is 40.9 Å². The first-order valence-electron chi connectivity index (χ1n) is 7.54. The zero-order valence-corrected chi connectivity index (χ0v) is 14.7. The zero-order valence-electron chi connectivity index (χ0n) is 13.9. The molecular formula is C17H17FN2O5S. The number of anilines is 1. The summed E-state index contributed by atoms with van der Waals surface area (Å²) in [6, 6.07) is 11.1. The first-order valence-corrected chi connectivity index (χ1v) is 9.02. The van der Waals surface area contributed by atoms with Crippen LogP contribution in [0.1, 0.15) is 5.56 Å². The molecule has 0 aliphatic heterocycles. The highest BCUT2D eigenvalue weighted by atomic mass is 32.2. The molecule has 0 atom stereocenters. The molecular weight excluding hydrogens is 363 g/mol. The molecule has 2 aromatic carbocycles. The van der Waals surface area contributed by atoms with E-state index in [2.05, 4.69) is 10.0 Å². The lowest BCUT2D eigenvalue weighted by atomic mass is 10.2. The molecule has 0 radical (unpaired) electrons. The average Bonchev–Trinajstić information content (AvgIpc) is 2.61. The van der Waals surface area contributed by atoms with Crippen LogP contribution in [0.15, 0.2) is 53.4 Å². The van der Waals surface area contributed by atoms with E-state index in [1.54, 1.807) is 12.1 Å². The van der Waals surface area contributed by atoms with Crippen LogP contribution in [-0.2, 0) is 24.3 Å². The van der Waals surface area contributed by atoms with E-state index in [0.29, 0.717) is 5.69 Å². The summed E-state index contributed by atoms with van der Waals surface area (Å²) in [5.74, 6) is -1.99. The molecule has 0 saturated carbocycles. The highest BCUT2D eigenvalue weighted by molar-refractivity contribution is 7.89. The lowest BCUT2D eigenvalue weighted by Gasteiger charge is -2.08. The van der Waals surface area contributed by atoms with Gasteiger partial charge >= 0.3 is 5.97 Å². The number of benzene rings is 2. The number of ether oxygens (including phenoxy) is 1. The molecule has 0 bridgehead atoms. The molecule has 0 fully saturated rings. The second-order valence-corrected chi connectivity index (χ2v) is 7.12. The van der Waals surface area contributed by atoms with Crippen LogP contribution >= 0.6 is 0 Å². The molecule has 9 heteroatoms. The van der Waals surface area contributed by atoms with Crippen molar-refractivity contribution in [3.8, 4) is 0 Å². The average molecular weight is 380 g/mol. The Bertz CT molecular complexity index is 880. The molecule has 0 saturated heterocycles. The summed E-state index contributed by atoms with van der Waals surface area (Å²) in [6.07, 6.45) is 0. The van der Waals surface area contributed by atoms with Gasteiger partial charge in [-0.15, -0.1) is 0 Å². The van der Waals surface area contributed by atoms with E-state index in [-0.39, 0.29) is 4.90 Å². The van der Waals surface area contributed by atoms with Crippen molar-refractivity contribution in [2.45, 2.75) is 11.8 Å². The molecule has 2 rings (SSSR count). The molecule has 0 aromatic heterocycles. The van der Waals surface area contributed by atoms with E-state index in [0.717, 1.165) is 5.56 Å². The Morgan fingerprint density at radius 1 is 1.04 bits per heavy atom. The molecule has 26 heavy (non-hydrogen) atoms. The molecule has 7 nitrogen and oxygen atoms in total. The summed E-state index contributed by atoms with van der Waals surface area (Å²) in [5, 5.41) is 2.41. The van der Waals surface area contributed by atoms with Gasteiger partial charge in [0.15, 0.2) is 6.61 Å². The topological polar surface area (TPSA) is 102 Å². The van der Waals surface area contributed by atoms with Gasteiger partial charge in [-0.2, -0.15) is 4.72 Å². The zero-order chi connectivity index (χ0) is 19.2. The molecule has 2 aromatic rings. The van der Waals surface area contributed by atoms with Gasteiger partial charge in [-0.3, -0.25) is 9.59 Å². The summed E-state index contributed by atoms with van der Waals surface area (Å²) >= 11 is 0. The van der Waals surface area contributed by atoms with Gasteiger partial charge < -0.3 is 10.1 Å². The third-order valence-corrected chi connectivity index (χ3v) is 4.65.